The second-order valence-corrected chi connectivity index (χ2v) is 6.98. The van der Waals surface area contributed by atoms with Crippen molar-refractivity contribution in [2.45, 2.75) is 19.6 Å². The van der Waals surface area contributed by atoms with Crippen LogP contribution in [-0.4, -0.2) is 77.8 Å². The average Bonchev–Trinajstić information content (AvgIpc) is 3.18. The van der Waals surface area contributed by atoms with E-state index in [0.717, 1.165) is 26.2 Å². The maximum Gasteiger partial charge on any atom is 0.277 e. The Balaban J connectivity index is 1.43. The number of anilines is 1. The minimum absolute atomic E-state index is 0.182. The standard InChI is InChI=1S/C20H27FN4O4/c1-2-28-13-17(26)11-24-7-9-25(10-8-24)12-19-23-18(14-29-19)20(27)22-16-5-3-15(21)4-6-16/h3-6,14,17,26H,2,7-13H2,1H3,(H,22,27). The van der Waals surface area contributed by atoms with E-state index in [1.165, 1.54) is 30.5 Å². The van der Waals surface area contributed by atoms with Crippen LogP contribution < -0.4 is 5.32 Å². The lowest BCUT2D eigenvalue weighted by Crippen LogP contribution is -2.48. The molecule has 0 aliphatic carbocycles. The van der Waals surface area contributed by atoms with Gasteiger partial charge >= 0.3 is 0 Å². The highest BCUT2D eigenvalue weighted by atomic mass is 19.1. The van der Waals surface area contributed by atoms with Gasteiger partial charge in [0.1, 0.15) is 12.1 Å². The lowest BCUT2D eigenvalue weighted by atomic mass is 10.2. The van der Waals surface area contributed by atoms with Gasteiger partial charge in [-0.1, -0.05) is 0 Å². The van der Waals surface area contributed by atoms with Gasteiger partial charge in [-0.05, 0) is 31.2 Å². The molecule has 2 N–H and O–H groups in total. The smallest absolute Gasteiger partial charge is 0.277 e. The SMILES string of the molecule is CCOCC(O)CN1CCN(Cc2nc(C(=O)Nc3ccc(F)cc3)co2)CC1. The van der Waals surface area contributed by atoms with E-state index >= 15 is 0 Å². The van der Waals surface area contributed by atoms with E-state index in [0.29, 0.717) is 37.9 Å². The van der Waals surface area contributed by atoms with Crippen molar-refractivity contribution in [1.29, 1.82) is 0 Å². The zero-order chi connectivity index (χ0) is 20.6. The van der Waals surface area contributed by atoms with Crippen molar-refractivity contribution in [1.82, 2.24) is 14.8 Å². The molecule has 0 spiro atoms. The zero-order valence-electron chi connectivity index (χ0n) is 16.5. The second kappa shape index (κ2) is 10.4. The number of piperazine rings is 1. The molecule has 1 amide bonds. The quantitative estimate of drug-likeness (QED) is 0.653. The lowest BCUT2D eigenvalue weighted by Gasteiger charge is -2.34. The number of nitrogens with one attached hydrogen (secondary N) is 1. The molecule has 3 rings (SSSR count). The Hall–Kier alpha value is -2.33. The monoisotopic (exact) mass is 406 g/mol. The van der Waals surface area contributed by atoms with Gasteiger partial charge in [-0.15, -0.1) is 0 Å². The Morgan fingerprint density at radius 1 is 1.28 bits per heavy atom. The van der Waals surface area contributed by atoms with Gasteiger partial charge in [-0.2, -0.15) is 0 Å². The molecule has 1 aromatic carbocycles. The number of aromatic nitrogens is 1. The lowest BCUT2D eigenvalue weighted by molar-refractivity contribution is 0.00949. The molecule has 158 valence electrons. The third kappa shape index (κ3) is 6.60. The average molecular weight is 406 g/mol. The molecule has 29 heavy (non-hydrogen) atoms. The van der Waals surface area contributed by atoms with E-state index in [4.69, 9.17) is 9.15 Å². The molecular formula is C20H27FN4O4. The maximum atomic E-state index is 12.9. The van der Waals surface area contributed by atoms with Crippen LogP contribution in [0, 0.1) is 5.82 Å². The summed E-state index contributed by atoms with van der Waals surface area (Å²) in [7, 11) is 0. The summed E-state index contributed by atoms with van der Waals surface area (Å²) in [6.07, 6.45) is 0.851. The summed E-state index contributed by atoms with van der Waals surface area (Å²) in [4.78, 5) is 20.9. The zero-order valence-corrected chi connectivity index (χ0v) is 16.5. The number of oxazole rings is 1. The highest BCUT2D eigenvalue weighted by molar-refractivity contribution is 6.02. The number of carbonyl (C=O) groups excluding carboxylic acids is 1. The van der Waals surface area contributed by atoms with Crippen LogP contribution in [0.1, 0.15) is 23.3 Å². The van der Waals surface area contributed by atoms with E-state index in [1.54, 1.807) is 0 Å². The Kier molecular flexibility index (Phi) is 7.70. The molecule has 1 fully saturated rings. The van der Waals surface area contributed by atoms with E-state index < -0.39 is 12.0 Å². The normalized spacial score (nSPS) is 16.7. The molecule has 1 atom stereocenters. The molecule has 9 heteroatoms. The highest BCUT2D eigenvalue weighted by Crippen LogP contribution is 2.13. The van der Waals surface area contributed by atoms with Crippen molar-refractivity contribution in [3.8, 4) is 0 Å². The minimum atomic E-state index is -0.476. The first-order valence-corrected chi connectivity index (χ1v) is 9.75. The summed E-state index contributed by atoms with van der Waals surface area (Å²) >= 11 is 0. The predicted octanol–water partition coefficient (Wildman–Crippen LogP) is 1.58. The van der Waals surface area contributed by atoms with E-state index in [2.05, 4.69) is 20.1 Å². The van der Waals surface area contributed by atoms with Crippen LogP contribution in [0.2, 0.25) is 0 Å². The number of ether oxygens (including phenoxy) is 1. The fourth-order valence-corrected chi connectivity index (χ4v) is 3.14. The van der Waals surface area contributed by atoms with Crippen molar-refractivity contribution in [2.75, 3.05) is 51.3 Å². The molecule has 0 bridgehead atoms. The first-order valence-electron chi connectivity index (χ1n) is 9.75. The van der Waals surface area contributed by atoms with Crippen LogP contribution in [0.25, 0.3) is 0 Å². The number of hydrogen-bond donors (Lipinski definition) is 2. The van der Waals surface area contributed by atoms with Crippen LogP contribution in [0.15, 0.2) is 34.9 Å². The van der Waals surface area contributed by atoms with Gasteiger partial charge in [-0.3, -0.25) is 14.6 Å². The number of carbonyl (C=O) groups is 1. The molecule has 1 aliphatic rings. The molecular weight excluding hydrogens is 379 g/mol. The molecule has 2 aromatic rings. The van der Waals surface area contributed by atoms with Gasteiger partial charge in [0.15, 0.2) is 5.69 Å². The number of rotatable bonds is 9. The third-order valence-electron chi connectivity index (χ3n) is 4.69. The van der Waals surface area contributed by atoms with Crippen LogP contribution >= 0.6 is 0 Å². The fraction of sp³-hybridized carbons (Fsp3) is 0.500. The van der Waals surface area contributed by atoms with Crippen molar-refractivity contribution in [3.63, 3.8) is 0 Å². The van der Waals surface area contributed by atoms with Crippen LogP contribution in [-0.2, 0) is 11.3 Å². The van der Waals surface area contributed by atoms with E-state index in [1.807, 2.05) is 6.92 Å². The van der Waals surface area contributed by atoms with Gasteiger partial charge in [0.05, 0.1) is 19.3 Å². The number of aliphatic hydroxyl groups excluding tert-OH is 1. The summed E-state index contributed by atoms with van der Waals surface area (Å²) in [5.74, 6) is -0.297. The Bertz CT molecular complexity index is 775. The molecule has 1 saturated heterocycles. The number of nitrogens with zero attached hydrogens (tertiary/aromatic N) is 3. The summed E-state index contributed by atoms with van der Waals surface area (Å²) in [5, 5.41) is 12.6. The first-order chi connectivity index (χ1) is 14.0. The molecule has 0 saturated carbocycles. The van der Waals surface area contributed by atoms with Gasteiger partial charge in [0.2, 0.25) is 5.89 Å². The van der Waals surface area contributed by atoms with Gasteiger partial charge in [-0.25, -0.2) is 9.37 Å². The largest absolute Gasteiger partial charge is 0.447 e. The predicted molar refractivity (Wildman–Crippen MR) is 105 cm³/mol. The first kappa shape index (κ1) is 21.4. The number of amides is 1. The van der Waals surface area contributed by atoms with E-state index in [9.17, 15) is 14.3 Å². The number of aliphatic hydroxyl groups is 1. The summed E-state index contributed by atoms with van der Waals surface area (Å²) in [5.41, 5.74) is 0.672. The Labute approximate surface area is 169 Å². The summed E-state index contributed by atoms with van der Waals surface area (Å²) in [6.45, 7) is 7.29. The molecule has 1 unspecified atom stereocenters. The topological polar surface area (TPSA) is 91.1 Å². The second-order valence-electron chi connectivity index (χ2n) is 6.98. The van der Waals surface area contributed by atoms with Gasteiger partial charge in [0.25, 0.3) is 5.91 Å². The number of hydrogen-bond acceptors (Lipinski definition) is 7. The summed E-state index contributed by atoms with van der Waals surface area (Å²) in [6, 6.07) is 5.52. The number of β-amino-alcohol motifs (C(OH)–C–C–N with tert-alkyl or cyclic N) is 1. The van der Waals surface area contributed by atoms with Crippen LogP contribution in [0.4, 0.5) is 10.1 Å². The highest BCUT2D eigenvalue weighted by Gasteiger charge is 2.21. The summed E-state index contributed by atoms with van der Waals surface area (Å²) < 4.78 is 23.6. The Morgan fingerprint density at radius 2 is 1.97 bits per heavy atom. The van der Waals surface area contributed by atoms with Crippen LogP contribution in [0.3, 0.4) is 0 Å². The third-order valence-corrected chi connectivity index (χ3v) is 4.69. The molecule has 1 aliphatic heterocycles. The molecule has 0 radical (unpaired) electrons. The van der Waals surface area contributed by atoms with Crippen molar-refractivity contribution in [2.24, 2.45) is 0 Å². The van der Waals surface area contributed by atoms with Gasteiger partial charge in [0, 0.05) is 45.0 Å². The Morgan fingerprint density at radius 3 is 2.66 bits per heavy atom. The maximum absolute atomic E-state index is 12.9. The van der Waals surface area contributed by atoms with Crippen molar-refractivity contribution >= 4 is 11.6 Å². The number of halogens is 1. The molecule has 1 aromatic heterocycles. The molecule has 8 nitrogen and oxygen atoms in total. The van der Waals surface area contributed by atoms with Crippen molar-refractivity contribution in [3.05, 3.63) is 47.9 Å². The van der Waals surface area contributed by atoms with E-state index in [-0.39, 0.29) is 11.5 Å². The number of benzene rings is 1. The van der Waals surface area contributed by atoms with Crippen LogP contribution in [0.5, 0.6) is 0 Å². The fourth-order valence-electron chi connectivity index (χ4n) is 3.14. The molecule has 2 heterocycles. The van der Waals surface area contributed by atoms with Gasteiger partial charge < -0.3 is 19.6 Å². The van der Waals surface area contributed by atoms with Crippen molar-refractivity contribution < 1.29 is 23.4 Å². The minimum Gasteiger partial charge on any atom is -0.447 e.